The molecule has 3 aliphatic rings. The van der Waals surface area contributed by atoms with Crippen molar-refractivity contribution in [3.8, 4) is 0 Å². The Balaban J connectivity index is 1.69. The summed E-state index contributed by atoms with van der Waals surface area (Å²) in [6.45, 7) is 5.59. The predicted octanol–water partition coefficient (Wildman–Crippen LogP) is 4.06. The van der Waals surface area contributed by atoms with E-state index in [2.05, 4.69) is 13.8 Å². The van der Waals surface area contributed by atoms with Crippen LogP contribution in [0.1, 0.15) is 78.1 Å². The van der Waals surface area contributed by atoms with Crippen molar-refractivity contribution in [3.05, 3.63) is 0 Å². The highest BCUT2D eigenvalue weighted by Gasteiger charge is 2.49. The first-order chi connectivity index (χ1) is 8.93. The molecule has 19 heavy (non-hydrogen) atoms. The van der Waals surface area contributed by atoms with Crippen molar-refractivity contribution < 1.29 is 9.84 Å². The van der Waals surface area contributed by atoms with Gasteiger partial charge in [0, 0.05) is 6.61 Å². The highest BCUT2D eigenvalue weighted by Crippen LogP contribution is 2.50. The van der Waals surface area contributed by atoms with E-state index in [0.29, 0.717) is 11.3 Å². The summed E-state index contributed by atoms with van der Waals surface area (Å²) in [5, 5.41) is 11.2. The highest BCUT2D eigenvalue weighted by molar-refractivity contribution is 5.00. The fourth-order valence-electron chi connectivity index (χ4n) is 4.49. The minimum Gasteiger partial charge on any atom is -0.390 e. The van der Waals surface area contributed by atoms with Gasteiger partial charge in [0.2, 0.25) is 0 Å². The molecule has 0 aromatic rings. The van der Waals surface area contributed by atoms with Gasteiger partial charge in [0.25, 0.3) is 0 Å². The van der Waals surface area contributed by atoms with Crippen LogP contribution in [0.2, 0.25) is 0 Å². The molecule has 0 aromatic carbocycles. The van der Waals surface area contributed by atoms with Gasteiger partial charge in [0.05, 0.1) is 11.2 Å². The summed E-state index contributed by atoms with van der Waals surface area (Å²) < 4.78 is 6.03. The van der Waals surface area contributed by atoms with Crippen molar-refractivity contribution in [2.75, 3.05) is 6.61 Å². The van der Waals surface area contributed by atoms with Gasteiger partial charge < -0.3 is 9.84 Å². The molecule has 0 aromatic heterocycles. The Morgan fingerprint density at radius 3 is 2.37 bits per heavy atom. The van der Waals surface area contributed by atoms with E-state index in [1.54, 1.807) is 0 Å². The second-order valence-electron chi connectivity index (χ2n) is 8.20. The number of ether oxygens (including phenoxy) is 1. The maximum atomic E-state index is 11.2. The number of aliphatic hydroxyl groups is 1. The van der Waals surface area contributed by atoms with Gasteiger partial charge in [-0.3, -0.25) is 0 Å². The van der Waals surface area contributed by atoms with Crippen molar-refractivity contribution in [2.24, 2.45) is 11.3 Å². The van der Waals surface area contributed by atoms with Gasteiger partial charge in [-0.2, -0.15) is 0 Å². The first-order valence-corrected chi connectivity index (χ1v) is 8.30. The van der Waals surface area contributed by atoms with E-state index < -0.39 is 5.60 Å². The SMILES string of the molecule is CC1(C)CCCC(O)(C2CCOC3(CCC3)C2)CC1. The lowest BCUT2D eigenvalue weighted by molar-refractivity contribution is -0.178. The Kier molecular flexibility index (Phi) is 3.46. The van der Waals surface area contributed by atoms with Crippen molar-refractivity contribution in [3.63, 3.8) is 0 Å². The van der Waals surface area contributed by atoms with Gasteiger partial charge in [-0.05, 0) is 69.1 Å². The molecule has 1 aliphatic heterocycles. The van der Waals surface area contributed by atoms with Crippen molar-refractivity contribution in [1.82, 2.24) is 0 Å². The van der Waals surface area contributed by atoms with Gasteiger partial charge in [-0.25, -0.2) is 0 Å². The normalized spacial score (nSPS) is 41.5. The fourth-order valence-corrected chi connectivity index (χ4v) is 4.49. The van der Waals surface area contributed by atoms with Crippen LogP contribution < -0.4 is 0 Å². The zero-order valence-corrected chi connectivity index (χ0v) is 12.7. The molecular weight excluding hydrogens is 236 g/mol. The van der Waals surface area contributed by atoms with E-state index in [9.17, 15) is 5.11 Å². The lowest BCUT2D eigenvalue weighted by Crippen LogP contribution is -2.51. The third-order valence-electron chi connectivity index (χ3n) is 6.22. The van der Waals surface area contributed by atoms with E-state index in [-0.39, 0.29) is 5.60 Å². The number of hydrogen-bond acceptors (Lipinski definition) is 2. The summed E-state index contributed by atoms with van der Waals surface area (Å²) in [6.07, 6.45) is 11.6. The Morgan fingerprint density at radius 1 is 0.947 bits per heavy atom. The van der Waals surface area contributed by atoms with Gasteiger partial charge in [0.15, 0.2) is 0 Å². The lowest BCUT2D eigenvalue weighted by atomic mass is 9.66. The van der Waals surface area contributed by atoms with Crippen molar-refractivity contribution >= 4 is 0 Å². The van der Waals surface area contributed by atoms with Crippen LogP contribution in [0.25, 0.3) is 0 Å². The summed E-state index contributed by atoms with van der Waals surface area (Å²) >= 11 is 0. The molecule has 2 saturated carbocycles. The number of rotatable bonds is 1. The Hall–Kier alpha value is -0.0800. The highest BCUT2D eigenvalue weighted by atomic mass is 16.5. The Labute approximate surface area is 117 Å². The van der Waals surface area contributed by atoms with Crippen LogP contribution in [0.5, 0.6) is 0 Å². The first kappa shape index (κ1) is 13.9. The fraction of sp³-hybridized carbons (Fsp3) is 1.00. The molecule has 2 unspecified atom stereocenters. The zero-order valence-electron chi connectivity index (χ0n) is 12.7. The smallest absolute Gasteiger partial charge is 0.0686 e. The van der Waals surface area contributed by atoms with Crippen LogP contribution in [0.4, 0.5) is 0 Å². The largest absolute Gasteiger partial charge is 0.390 e. The quantitative estimate of drug-likeness (QED) is 0.725. The molecule has 2 aliphatic carbocycles. The third-order valence-corrected chi connectivity index (χ3v) is 6.22. The van der Waals surface area contributed by atoms with E-state index in [0.717, 1.165) is 32.3 Å². The monoisotopic (exact) mass is 266 g/mol. The Morgan fingerprint density at radius 2 is 1.68 bits per heavy atom. The average molecular weight is 266 g/mol. The van der Waals surface area contributed by atoms with Gasteiger partial charge in [0.1, 0.15) is 0 Å². The van der Waals surface area contributed by atoms with Crippen LogP contribution in [-0.2, 0) is 4.74 Å². The van der Waals surface area contributed by atoms with Crippen molar-refractivity contribution in [2.45, 2.75) is 89.3 Å². The summed E-state index contributed by atoms with van der Waals surface area (Å²) in [5.41, 5.74) is 0.185. The molecule has 1 spiro atoms. The summed E-state index contributed by atoms with van der Waals surface area (Å²) in [5.74, 6) is 0.482. The predicted molar refractivity (Wildman–Crippen MR) is 77.1 cm³/mol. The van der Waals surface area contributed by atoms with Crippen LogP contribution in [0.3, 0.4) is 0 Å². The van der Waals surface area contributed by atoms with E-state index >= 15 is 0 Å². The van der Waals surface area contributed by atoms with Gasteiger partial charge in [-0.1, -0.05) is 20.3 Å². The maximum Gasteiger partial charge on any atom is 0.0686 e. The third kappa shape index (κ3) is 2.71. The standard InChI is InChI=1S/C17H30O2/c1-15(2)6-3-9-17(18,11-10-15)14-5-12-19-16(13-14)7-4-8-16/h14,18H,3-13H2,1-2H3. The zero-order chi connectivity index (χ0) is 13.6. The number of hydrogen-bond donors (Lipinski definition) is 1. The second-order valence-corrected chi connectivity index (χ2v) is 8.20. The average Bonchev–Trinajstić information content (AvgIpc) is 2.48. The minimum absolute atomic E-state index is 0.167. The maximum absolute atomic E-state index is 11.2. The molecule has 2 nitrogen and oxygen atoms in total. The second kappa shape index (κ2) is 4.73. The molecule has 0 bridgehead atoms. The van der Waals surface area contributed by atoms with Crippen molar-refractivity contribution in [1.29, 1.82) is 0 Å². The molecule has 1 heterocycles. The first-order valence-electron chi connectivity index (χ1n) is 8.30. The molecular formula is C17H30O2. The molecule has 0 radical (unpaired) electrons. The molecule has 0 amide bonds. The van der Waals surface area contributed by atoms with E-state index in [1.807, 2.05) is 0 Å². The lowest BCUT2D eigenvalue weighted by Gasteiger charge is -2.51. The molecule has 1 N–H and O–H groups in total. The van der Waals surface area contributed by atoms with E-state index in [4.69, 9.17) is 4.74 Å². The molecule has 3 rings (SSSR count). The summed E-state index contributed by atoms with van der Waals surface area (Å²) in [6, 6.07) is 0. The molecule has 3 fully saturated rings. The van der Waals surface area contributed by atoms with Gasteiger partial charge >= 0.3 is 0 Å². The van der Waals surface area contributed by atoms with Gasteiger partial charge in [-0.15, -0.1) is 0 Å². The minimum atomic E-state index is -0.403. The summed E-state index contributed by atoms with van der Waals surface area (Å²) in [7, 11) is 0. The van der Waals surface area contributed by atoms with Crippen LogP contribution in [0.15, 0.2) is 0 Å². The van der Waals surface area contributed by atoms with E-state index in [1.165, 1.54) is 38.5 Å². The summed E-state index contributed by atoms with van der Waals surface area (Å²) in [4.78, 5) is 0. The molecule has 110 valence electrons. The Bertz CT molecular complexity index is 332. The molecule has 1 saturated heterocycles. The molecule has 2 atom stereocenters. The topological polar surface area (TPSA) is 29.5 Å². The van der Waals surface area contributed by atoms with Crippen LogP contribution in [-0.4, -0.2) is 22.9 Å². The van der Waals surface area contributed by atoms with Crippen LogP contribution in [0, 0.1) is 11.3 Å². The molecule has 2 heteroatoms. The van der Waals surface area contributed by atoms with Crippen LogP contribution >= 0.6 is 0 Å².